The van der Waals surface area contributed by atoms with Gasteiger partial charge in [-0.25, -0.2) is 0 Å². The Bertz CT molecular complexity index is 284. The van der Waals surface area contributed by atoms with E-state index in [1.54, 1.807) is 12.1 Å². The fourth-order valence-electron chi connectivity index (χ4n) is 1.58. The van der Waals surface area contributed by atoms with Crippen LogP contribution >= 0.6 is 0 Å². The van der Waals surface area contributed by atoms with Crippen LogP contribution in [-0.2, 0) is 0 Å². The molecule has 0 spiro atoms. The molecule has 1 rings (SSSR count). The van der Waals surface area contributed by atoms with E-state index in [1.165, 1.54) is 11.1 Å². The normalized spacial score (nSPS) is 12.5. The van der Waals surface area contributed by atoms with Crippen molar-refractivity contribution in [1.82, 2.24) is 0 Å². The fourth-order valence-corrected chi connectivity index (χ4v) is 1.58. The minimum atomic E-state index is 0.320. The molecule has 1 atom stereocenters. The zero-order valence-electron chi connectivity index (χ0n) is 8.25. The van der Waals surface area contributed by atoms with Gasteiger partial charge in [-0.1, -0.05) is 31.2 Å². The molecule has 1 aromatic rings. The summed E-state index contributed by atoms with van der Waals surface area (Å²) in [5.41, 5.74) is 2.40. The number of allylic oxidation sites excluding steroid dienone is 1. The number of benzene rings is 1. The molecule has 1 aromatic carbocycles. The van der Waals surface area contributed by atoms with Gasteiger partial charge in [-0.15, -0.1) is 0 Å². The van der Waals surface area contributed by atoms with Crippen LogP contribution in [-0.4, -0.2) is 5.11 Å². The molecular formula is C12H16O. The number of rotatable bonds is 3. The molecule has 1 nitrogen and oxygen atoms in total. The van der Waals surface area contributed by atoms with Gasteiger partial charge in [0.1, 0.15) is 5.75 Å². The van der Waals surface area contributed by atoms with Crippen LogP contribution in [0.15, 0.2) is 36.4 Å². The SMILES string of the molecule is C=C(C)C(CC)c1ccc(O)cc1. The molecule has 0 heterocycles. The third-order valence-electron chi connectivity index (χ3n) is 2.30. The van der Waals surface area contributed by atoms with Crippen LogP contribution in [0, 0.1) is 0 Å². The second-order valence-corrected chi connectivity index (χ2v) is 3.40. The van der Waals surface area contributed by atoms with E-state index >= 15 is 0 Å². The van der Waals surface area contributed by atoms with Gasteiger partial charge in [-0.2, -0.15) is 0 Å². The molecule has 0 aliphatic heterocycles. The molecule has 0 bridgehead atoms. The fraction of sp³-hybridized carbons (Fsp3) is 0.333. The van der Waals surface area contributed by atoms with E-state index in [0.717, 1.165) is 6.42 Å². The van der Waals surface area contributed by atoms with Crippen LogP contribution in [0.4, 0.5) is 0 Å². The Kier molecular flexibility index (Phi) is 3.13. The molecule has 0 saturated carbocycles. The summed E-state index contributed by atoms with van der Waals surface area (Å²) >= 11 is 0. The number of hydrogen-bond donors (Lipinski definition) is 1. The minimum absolute atomic E-state index is 0.320. The number of aromatic hydroxyl groups is 1. The summed E-state index contributed by atoms with van der Waals surface area (Å²) in [4.78, 5) is 0. The summed E-state index contributed by atoms with van der Waals surface area (Å²) in [6.07, 6.45) is 1.06. The molecule has 0 radical (unpaired) electrons. The van der Waals surface area contributed by atoms with E-state index < -0.39 is 0 Å². The molecule has 1 heteroatoms. The lowest BCUT2D eigenvalue weighted by Gasteiger charge is -2.14. The van der Waals surface area contributed by atoms with E-state index in [0.29, 0.717) is 11.7 Å². The molecule has 0 amide bonds. The summed E-state index contributed by atoms with van der Waals surface area (Å²) in [7, 11) is 0. The van der Waals surface area contributed by atoms with Crippen molar-refractivity contribution in [2.45, 2.75) is 26.2 Å². The third kappa shape index (κ3) is 2.35. The summed E-state index contributed by atoms with van der Waals surface area (Å²) < 4.78 is 0. The molecule has 13 heavy (non-hydrogen) atoms. The van der Waals surface area contributed by atoms with E-state index in [9.17, 15) is 0 Å². The van der Waals surface area contributed by atoms with Gasteiger partial charge in [0, 0.05) is 5.92 Å². The Labute approximate surface area is 79.7 Å². The number of hydrogen-bond acceptors (Lipinski definition) is 1. The molecule has 1 unspecified atom stereocenters. The highest BCUT2D eigenvalue weighted by Gasteiger charge is 2.08. The monoisotopic (exact) mass is 176 g/mol. The van der Waals surface area contributed by atoms with E-state index in [4.69, 9.17) is 5.11 Å². The summed E-state index contributed by atoms with van der Waals surface area (Å²) in [5.74, 6) is 0.737. The van der Waals surface area contributed by atoms with Crippen molar-refractivity contribution in [3.63, 3.8) is 0 Å². The van der Waals surface area contributed by atoms with Gasteiger partial charge in [0.2, 0.25) is 0 Å². The number of phenolic OH excluding ortho intramolecular Hbond substituents is 1. The highest BCUT2D eigenvalue weighted by Crippen LogP contribution is 2.27. The Morgan fingerprint density at radius 2 is 1.92 bits per heavy atom. The average molecular weight is 176 g/mol. The Balaban J connectivity index is 2.92. The first-order valence-corrected chi connectivity index (χ1v) is 4.59. The summed E-state index contributed by atoms with van der Waals surface area (Å²) in [6.45, 7) is 8.15. The van der Waals surface area contributed by atoms with Crippen LogP contribution in [0.5, 0.6) is 5.75 Å². The van der Waals surface area contributed by atoms with Gasteiger partial charge in [0.15, 0.2) is 0 Å². The molecule has 0 aliphatic carbocycles. The van der Waals surface area contributed by atoms with Crippen molar-refractivity contribution in [1.29, 1.82) is 0 Å². The highest BCUT2D eigenvalue weighted by molar-refractivity contribution is 5.32. The minimum Gasteiger partial charge on any atom is -0.508 e. The van der Waals surface area contributed by atoms with Gasteiger partial charge in [0.25, 0.3) is 0 Å². The first kappa shape index (κ1) is 9.85. The first-order chi connectivity index (χ1) is 6.15. The zero-order chi connectivity index (χ0) is 9.84. The van der Waals surface area contributed by atoms with Crippen molar-refractivity contribution in [3.05, 3.63) is 42.0 Å². The van der Waals surface area contributed by atoms with Gasteiger partial charge in [-0.05, 0) is 31.0 Å². The van der Waals surface area contributed by atoms with Gasteiger partial charge < -0.3 is 5.11 Å². The second-order valence-electron chi connectivity index (χ2n) is 3.40. The van der Waals surface area contributed by atoms with Gasteiger partial charge in [0.05, 0.1) is 0 Å². The van der Waals surface area contributed by atoms with Gasteiger partial charge >= 0.3 is 0 Å². The highest BCUT2D eigenvalue weighted by atomic mass is 16.3. The largest absolute Gasteiger partial charge is 0.508 e. The standard InChI is InChI=1S/C12H16O/c1-4-12(9(2)3)10-5-7-11(13)8-6-10/h5-8,12-13H,2,4H2,1,3H3. The van der Waals surface area contributed by atoms with Crippen molar-refractivity contribution < 1.29 is 5.11 Å². The predicted molar refractivity (Wildman–Crippen MR) is 56.0 cm³/mol. The average Bonchev–Trinajstić information content (AvgIpc) is 2.09. The lowest BCUT2D eigenvalue weighted by molar-refractivity contribution is 0.475. The van der Waals surface area contributed by atoms with E-state index in [-0.39, 0.29) is 0 Å². The quantitative estimate of drug-likeness (QED) is 0.699. The zero-order valence-corrected chi connectivity index (χ0v) is 8.25. The maximum atomic E-state index is 9.13. The van der Waals surface area contributed by atoms with Crippen LogP contribution in [0.3, 0.4) is 0 Å². The second kappa shape index (κ2) is 4.13. The summed E-state index contributed by atoms with van der Waals surface area (Å²) in [5, 5.41) is 9.13. The lowest BCUT2D eigenvalue weighted by atomic mass is 9.91. The molecule has 0 aromatic heterocycles. The van der Waals surface area contributed by atoms with Crippen molar-refractivity contribution in [2.24, 2.45) is 0 Å². The topological polar surface area (TPSA) is 20.2 Å². The van der Waals surface area contributed by atoms with Crippen LogP contribution in [0.2, 0.25) is 0 Å². The maximum absolute atomic E-state index is 9.13. The number of phenols is 1. The molecule has 70 valence electrons. The summed E-state index contributed by atoms with van der Waals surface area (Å²) in [6, 6.07) is 7.36. The Morgan fingerprint density at radius 3 is 2.31 bits per heavy atom. The Hall–Kier alpha value is -1.24. The molecule has 1 N–H and O–H groups in total. The van der Waals surface area contributed by atoms with E-state index in [1.807, 2.05) is 19.1 Å². The lowest BCUT2D eigenvalue weighted by Crippen LogP contribution is -1.97. The first-order valence-electron chi connectivity index (χ1n) is 4.59. The molecular weight excluding hydrogens is 160 g/mol. The van der Waals surface area contributed by atoms with Gasteiger partial charge in [-0.3, -0.25) is 0 Å². The van der Waals surface area contributed by atoms with Crippen molar-refractivity contribution in [2.75, 3.05) is 0 Å². The van der Waals surface area contributed by atoms with E-state index in [2.05, 4.69) is 13.5 Å². The van der Waals surface area contributed by atoms with Crippen LogP contribution in [0.1, 0.15) is 31.7 Å². The van der Waals surface area contributed by atoms with Crippen molar-refractivity contribution >= 4 is 0 Å². The van der Waals surface area contributed by atoms with Crippen LogP contribution in [0.25, 0.3) is 0 Å². The molecule has 0 aliphatic rings. The van der Waals surface area contributed by atoms with Crippen molar-refractivity contribution in [3.8, 4) is 5.75 Å². The predicted octanol–water partition coefficient (Wildman–Crippen LogP) is 3.46. The van der Waals surface area contributed by atoms with Crippen LogP contribution < -0.4 is 0 Å². The third-order valence-corrected chi connectivity index (χ3v) is 2.30. The molecule has 0 fully saturated rings. The maximum Gasteiger partial charge on any atom is 0.115 e. The Morgan fingerprint density at radius 1 is 1.38 bits per heavy atom. The smallest absolute Gasteiger partial charge is 0.115 e. The molecule has 0 saturated heterocycles.